The molecule has 0 aromatic heterocycles. The summed E-state index contributed by atoms with van der Waals surface area (Å²) in [5.41, 5.74) is 3.92. The predicted molar refractivity (Wildman–Crippen MR) is 69.3 cm³/mol. The van der Waals surface area contributed by atoms with Gasteiger partial charge in [0.05, 0.1) is 11.2 Å². The minimum atomic E-state index is 0.399. The molecule has 0 N–H and O–H groups in total. The van der Waals surface area contributed by atoms with Crippen LogP contribution in [0.15, 0.2) is 11.1 Å². The van der Waals surface area contributed by atoms with E-state index in [1.807, 2.05) is 0 Å². The zero-order chi connectivity index (χ0) is 10.3. The maximum Gasteiger partial charge on any atom is 0.0980 e. The number of hydrogen-bond donors (Lipinski definition) is 0. The molecule has 15 heavy (non-hydrogen) atoms. The van der Waals surface area contributed by atoms with E-state index in [-0.39, 0.29) is 0 Å². The first-order valence-electron chi connectivity index (χ1n) is 5.93. The SMILES string of the molecule is ICOCC12CCCN1CC(=C1CC1)C2. The number of ether oxygens (including phenoxy) is 1. The van der Waals surface area contributed by atoms with Crippen LogP contribution in [-0.4, -0.2) is 34.7 Å². The van der Waals surface area contributed by atoms with Gasteiger partial charge in [-0.3, -0.25) is 4.90 Å². The van der Waals surface area contributed by atoms with Crippen molar-refractivity contribution in [2.45, 2.75) is 37.6 Å². The summed E-state index contributed by atoms with van der Waals surface area (Å²) in [5.74, 6) is 0. The van der Waals surface area contributed by atoms with E-state index in [1.165, 1.54) is 45.2 Å². The second-order valence-corrected chi connectivity index (χ2v) is 5.71. The Kier molecular flexibility index (Phi) is 2.81. The van der Waals surface area contributed by atoms with Crippen LogP contribution in [0.25, 0.3) is 0 Å². The van der Waals surface area contributed by atoms with E-state index < -0.39 is 0 Å². The summed E-state index contributed by atoms with van der Waals surface area (Å²) in [5, 5.41) is 0. The molecule has 0 bridgehead atoms. The molecule has 0 spiro atoms. The van der Waals surface area contributed by atoms with Gasteiger partial charge in [-0.15, -0.1) is 0 Å². The Labute approximate surface area is 105 Å². The van der Waals surface area contributed by atoms with Gasteiger partial charge in [0, 0.05) is 12.1 Å². The lowest BCUT2D eigenvalue weighted by molar-refractivity contribution is 0.0621. The van der Waals surface area contributed by atoms with Crippen LogP contribution in [0.1, 0.15) is 32.1 Å². The molecule has 84 valence electrons. The molecule has 0 aromatic rings. The summed E-state index contributed by atoms with van der Waals surface area (Å²) in [4.78, 5) is 2.68. The Morgan fingerprint density at radius 3 is 2.93 bits per heavy atom. The van der Waals surface area contributed by atoms with Crippen molar-refractivity contribution in [1.29, 1.82) is 0 Å². The number of alkyl halides is 1. The van der Waals surface area contributed by atoms with Crippen LogP contribution in [0.5, 0.6) is 0 Å². The number of hydrogen-bond acceptors (Lipinski definition) is 2. The largest absolute Gasteiger partial charge is 0.369 e. The van der Waals surface area contributed by atoms with Crippen LogP contribution in [0.4, 0.5) is 0 Å². The highest BCUT2D eigenvalue weighted by Gasteiger charge is 2.47. The van der Waals surface area contributed by atoms with Gasteiger partial charge < -0.3 is 4.74 Å². The lowest BCUT2D eigenvalue weighted by Crippen LogP contribution is -2.42. The fourth-order valence-electron chi connectivity index (χ4n) is 3.22. The quantitative estimate of drug-likeness (QED) is 0.451. The maximum absolute atomic E-state index is 5.69. The van der Waals surface area contributed by atoms with Crippen molar-refractivity contribution in [2.24, 2.45) is 0 Å². The van der Waals surface area contributed by atoms with Crippen LogP contribution >= 0.6 is 22.6 Å². The summed E-state index contributed by atoms with van der Waals surface area (Å²) < 4.78 is 6.53. The summed E-state index contributed by atoms with van der Waals surface area (Å²) in [6.45, 7) is 3.49. The van der Waals surface area contributed by atoms with E-state index in [2.05, 4.69) is 27.5 Å². The molecule has 1 atom stereocenters. The first-order chi connectivity index (χ1) is 7.34. The smallest absolute Gasteiger partial charge is 0.0980 e. The van der Waals surface area contributed by atoms with Gasteiger partial charge in [-0.05, 0) is 38.6 Å². The highest BCUT2D eigenvalue weighted by Crippen LogP contribution is 2.46. The molecule has 1 unspecified atom stereocenters. The molecule has 3 rings (SSSR count). The molecule has 0 aromatic carbocycles. The van der Waals surface area contributed by atoms with Crippen LogP contribution in [0.3, 0.4) is 0 Å². The maximum atomic E-state index is 5.69. The molecule has 1 saturated carbocycles. The van der Waals surface area contributed by atoms with Crippen molar-refractivity contribution in [3.05, 3.63) is 11.1 Å². The topological polar surface area (TPSA) is 12.5 Å². The molecule has 3 aliphatic rings. The van der Waals surface area contributed by atoms with E-state index >= 15 is 0 Å². The summed E-state index contributed by atoms with van der Waals surface area (Å²) in [7, 11) is 0. The van der Waals surface area contributed by atoms with Crippen molar-refractivity contribution < 1.29 is 4.74 Å². The second kappa shape index (κ2) is 4.00. The van der Waals surface area contributed by atoms with Gasteiger partial charge >= 0.3 is 0 Å². The van der Waals surface area contributed by atoms with Crippen molar-refractivity contribution in [1.82, 2.24) is 4.90 Å². The van der Waals surface area contributed by atoms with Gasteiger partial charge in [-0.1, -0.05) is 33.7 Å². The molecular formula is C12H18INO. The van der Waals surface area contributed by atoms with Crippen LogP contribution in [-0.2, 0) is 4.74 Å². The standard InChI is InChI=1S/C12H18INO/c13-9-15-8-12-4-1-5-14(12)7-11(6-12)10-2-3-10/h1-9H2. The van der Waals surface area contributed by atoms with Crippen molar-refractivity contribution in [2.75, 3.05) is 24.3 Å². The Hall–Kier alpha value is 0.390. The van der Waals surface area contributed by atoms with Gasteiger partial charge in [0.1, 0.15) is 0 Å². The molecule has 2 saturated heterocycles. The Morgan fingerprint density at radius 2 is 2.20 bits per heavy atom. The van der Waals surface area contributed by atoms with Gasteiger partial charge in [-0.25, -0.2) is 0 Å². The zero-order valence-electron chi connectivity index (χ0n) is 9.10. The van der Waals surface area contributed by atoms with E-state index in [1.54, 1.807) is 11.1 Å². The van der Waals surface area contributed by atoms with Gasteiger partial charge in [0.2, 0.25) is 0 Å². The average molecular weight is 319 g/mol. The molecule has 3 heteroatoms. The monoisotopic (exact) mass is 319 g/mol. The van der Waals surface area contributed by atoms with Crippen molar-refractivity contribution in [3.63, 3.8) is 0 Å². The fourth-order valence-corrected chi connectivity index (χ4v) is 3.44. The number of nitrogens with zero attached hydrogens (tertiary/aromatic N) is 1. The third kappa shape index (κ3) is 1.87. The molecule has 0 amide bonds. The molecule has 3 fully saturated rings. The van der Waals surface area contributed by atoms with Gasteiger partial charge in [0.15, 0.2) is 0 Å². The molecule has 2 aliphatic heterocycles. The summed E-state index contributed by atoms with van der Waals surface area (Å²) in [6.07, 6.45) is 6.78. The van der Waals surface area contributed by atoms with Crippen molar-refractivity contribution in [3.8, 4) is 0 Å². The molecule has 2 nitrogen and oxygen atoms in total. The van der Waals surface area contributed by atoms with Crippen molar-refractivity contribution >= 4 is 22.6 Å². The normalized spacial score (nSPS) is 35.0. The van der Waals surface area contributed by atoms with Crippen LogP contribution in [0.2, 0.25) is 0 Å². The zero-order valence-corrected chi connectivity index (χ0v) is 11.3. The number of fused-ring (bicyclic) bond motifs is 1. The van der Waals surface area contributed by atoms with Crippen LogP contribution < -0.4 is 0 Å². The third-order valence-corrected chi connectivity index (χ3v) is 4.55. The Bertz CT molecular complexity index is 296. The van der Waals surface area contributed by atoms with Gasteiger partial charge in [-0.2, -0.15) is 0 Å². The second-order valence-electron chi connectivity index (χ2n) is 5.09. The highest BCUT2D eigenvalue weighted by atomic mass is 127. The first-order valence-corrected chi connectivity index (χ1v) is 7.45. The van der Waals surface area contributed by atoms with E-state index in [9.17, 15) is 0 Å². The average Bonchev–Trinajstić information content (AvgIpc) is 2.91. The summed E-state index contributed by atoms with van der Waals surface area (Å²) >= 11 is 2.30. The predicted octanol–water partition coefficient (Wildman–Crippen LogP) is 2.72. The third-order valence-electron chi connectivity index (χ3n) is 4.11. The molecule has 0 radical (unpaired) electrons. The fraction of sp³-hybridized carbons (Fsp3) is 0.833. The molecule has 1 aliphatic carbocycles. The van der Waals surface area contributed by atoms with E-state index in [0.29, 0.717) is 5.54 Å². The summed E-state index contributed by atoms with van der Waals surface area (Å²) in [6, 6.07) is 0. The van der Waals surface area contributed by atoms with Crippen LogP contribution in [0, 0.1) is 0 Å². The van der Waals surface area contributed by atoms with Gasteiger partial charge in [0.25, 0.3) is 0 Å². The highest BCUT2D eigenvalue weighted by molar-refractivity contribution is 14.1. The Morgan fingerprint density at radius 1 is 1.33 bits per heavy atom. The minimum Gasteiger partial charge on any atom is -0.369 e. The number of halogens is 1. The molecular weight excluding hydrogens is 301 g/mol. The molecule has 2 heterocycles. The number of rotatable bonds is 3. The van der Waals surface area contributed by atoms with E-state index in [4.69, 9.17) is 4.74 Å². The minimum absolute atomic E-state index is 0.399. The first kappa shape index (κ1) is 10.5. The number of allylic oxidation sites excluding steroid dienone is 1. The lowest BCUT2D eigenvalue weighted by Gasteiger charge is -2.30. The Balaban J connectivity index is 1.76. The van der Waals surface area contributed by atoms with E-state index in [0.717, 1.165) is 11.2 Å². The lowest BCUT2D eigenvalue weighted by atomic mass is 9.93.